The summed E-state index contributed by atoms with van der Waals surface area (Å²) in [5.41, 5.74) is 1.39. The van der Waals surface area contributed by atoms with Crippen LogP contribution < -0.4 is 10.1 Å². The molecule has 41 heavy (non-hydrogen) atoms. The highest BCUT2D eigenvalue weighted by molar-refractivity contribution is 7.89. The number of nitrogens with one attached hydrogen (secondary N) is 1. The summed E-state index contributed by atoms with van der Waals surface area (Å²) in [6.45, 7) is 2.91. The number of aliphatic hydroxyl groups is 1. The highest BCUT2D eigenvalue weighted by Gasteiger charge is 2.38. The van der Waals surface area contributed by atoms with Gasteiger partial charge in [0.25, 0.3) is 0 Å². The van der Waals surface area contributed by atoms with E-state index in [1.54, 1.807) is 50.2 Å². The lowest BCUT2D eigenvalue weighted by atomic mass is 10.0. The van der Waals surface area contributed by atoms with Crippen molar-refractivity contribution in [1.29, 1.82) is 5.26 Å². The van der Waals surface area contributed by atoms with Crippen LogP contribution in [0, 0.1) is 28.9 Å². The van der Waals surface area contributed by atoms with Crippen molar-refractivity contribution in [3.63, 3.8) is 0 Å². The van der Waals surface area contributed by atoms with Gasteiger partial charge in [-0.2, -0.15) is 9.57 Å². The van der Waals surface area contributed by atoms with E-state index in [4.69, 9.17) is 4.74 Å². The second kappa shape index (κ2) is 12.2. The fourth-order valence-electron chi connectivity index (χ4n) is 4.55. The molecule has 9 nitrogen and oxygen atoms in total. The van der Waals surface area contributed by atoms with E-state index in [2.05, 4.69) is 11.4 Å². The first-order chi connectivity index (χ1) is 19.4. The maximum Gasteiger partial charge on any atom is 0.321 e. The number of fused-ring (bicyclic) bond motifs is 1. The maximum absolute atomic E-state index is 14.1. The van der Waals surface area contributed by atoms with Crippen molar-refractivity contribution in [2.45, 2.75) is 30.9 Å². The number of halogens is 2. The van der Waals surface area contributed by atoms with E-state index in [9.17, 15) is 32.4 Å². The van der Waals surface area contributed by atoms with Crippen molar-refractivity contribution in [3.8, 4) is 22.9 Å². The fraction of sp³-hybridized carbons (Fsp3) is 0.310. The third kappa shape index (κ3) is 6.48. The van der Waals surface area contributed by atoms with Gasteiger partial charge in [-0.1, -0.05) is 25.1 Å². The molecule has 0 saturated carbocycles. The maximum atomic E-state index is 14.1. The topological polar surface area (TPSA) is 123 Å². The number of urea groups is 1. The Hall–Kier alpha value is -4.05. The third-order valence-electron chi connectivity index (χ3n) is 6.96. The van der Waals surface area contributed by atoms with Crippen molar-refractivity contribution >= 4 is 21.7 Å². The quantitative estimate of drug-likeness (QED) is 0.442. The van der Waals surface area contributed by atoms with Crippen LogP contribution in [0.25, 0.3) is 11.1 Å². The second-order valence-corrected chi connectivity index (χ2v) is 11.9. The zero-order valence-corrected chi connectivity index (χ0v) is 23.5. The summed E-state index contributed by atoms with van der Waals surface area (Å²) in [6.07, 6.45) is -0.730. The zero-order valence-electron chi connectivity index (χ0n) is 22.7. The molecule has 1 heterocycles. The fourth-order valence-corrected chi connectivity index (χ4v) is 6.37. The molecule has 2 amide bonds. The lowest BCUT2D eigenvalue weighted by molar-refractivity contribution is 0.0830. The lowest BCUT2D eigenvalue weighted by Gasteiger charge is -2.37. The molecule has 0 saturated heterocycles. The lowest BCUT2D eigenvalue weighted by Crippen LogP contribution is -2.50. The van der Waals surface area contributed by atoms with Gasteiger partial charge in [0.05, 0.1) is 30.5 Å². The molecule has 0 aliphatic carbocycles. The van der Waals surface area contributed by atoms with Crippen LogP contribution in [-0.2, 0) is 10.0 Å². The van der Waals surface area contributed by atoms with E-state index in [0.29, 0.717) is 16.7 Å². The molecule has 0 unspecified atom stereocenters. The van der Waals surface area contributed by atoms with E-state index < -0.39 is 52.4 Å². The van der Waals surface area contributed by atoms with Gasteiger partial charge in [-0.15, -0.1) is 0 Å². The number of hydrogen-bond acceptors (Lipinski definition) is 6. The van der Waals surface area contributed by atoms with Crippen molar-refractivity contribution in [1.82, 2.24) is 9.21 Å². The number of likely N-dealkylation sites (N-methyl/N-ethyl adjacent to an activating group) is 1. The van der Waals surface area contributed by atoms with Crippen molar-refractivity contribution in [2.24, 2.45) is 5.92 Å². The van der Waals surface area contributed by atoms with E-state index in [1.807, 2.05) is 0 Å². The van der Waals surface area contributed by atoms with Crippen LogP contribution in [0.3, 0.4) is 0 Å². The number of hydrogen-bond donors (Lipinski definition) is 2. The number of aliphatic hydroxyl groups excluding tert-OH is 1. The molecule has 0 bridgehead atoms. The van der Waals surface area contributed by atoms with Gasteiger partial charge in [-0.3, -0.25) is 0 Å². The summed E-state index contributed by atoms with van der Waals surface area (Å²) in [6, 6.07) is 14.8. The molecule has 3 aromatic carbocycles. The molecule has 1 aliphatic heterocycles. The highest BCUT2D eigenvalue weighted by Crippen LogP contribution is 2.36. The van der Waals surface area contributed by atoms with Crippen molar-refractivity contribution in [3.05, 3.63) is 77.9 Å². The Bertz CT molecular complexity index is 1590. The monoisotopic (exact) mass is 584 g/mol. The Labute approximate surface area is 237 Å². The van der Waals surface area contributed by atoms with Crippen molar-refractivity contribution < 1.29 is 31.8 Å². The van der Waals surface area contributed by atoms with Crippen LogP contribution in [0.2, 0.25) is 0 Å². The zero-order chi connectivity index (χ0) is 29.9. The van der Waals surface area contributed by atoms with Gasteiger partial charge in [-0.05, 0) is 54.4 Å². The summed E-state index contributed by atoms with van der Waals surface area (Å²) in [7, 11) is -2.64. The third-order valence-corrected chi connectivity index (χ3v) is 8.98. The van der Waals surface area contributed by atoms with E-state index in [0.717, 1.165) is 18.2 Å². The van der Waals surface area contributed by atoms with Crippen LogP contribution in [-0.4, -0.2) is 67.7 Å². The molecule has 0 fully saturated rings. The van der Waals surface area contributed by atoms with Gasteiger partial charge < -0.3 is 20.1 Å². The second-order valence-electron chi connectivity index (χ2n) is 10.0. The minimum atomic E-state index is -4.09. The van der Waals surface area contributed by atoms with Gasteiger partial charge in [0, 0.05) is 31.6 Å². The summed E-state index contributed by atoms with van der Waals surface area (Å²) >= 11 is 0. The van der Waals surface area contributed by atoms with Crippen LogP contribution in [0.5, 0.6) is 5.75 Å². The first kappa shape index (κ1) is 29.9. The van der Waals surface area contributed by atoms with E-state index >= 15 is 0 Å². The SMILES string of the molecule is C[C@H](CO)N1C[C@H](C)[C@@H](CN(C)C(=O)Nc2cc(F)ccc2F)Oc2cc(-c3cccc(C#N)c3)ccc2S1(=O)=O. The number of carbonyl (C=O) groups is 1. The molecule has 1 aliphatic rings. The summed E-state index contributed by atoms with van der Waals surface area (Å²) in [5.74, 6) is -1.93. The Balaban J connectivity index is 1.71. The normalized spacial score (nSPS) is 19.0. The van der Waals surface area contributed by atoms with Crippen LogP contribution in [0.15, 0.2) is 65.6 Å². The summed E-state index contributed by atoms with van der Waals surface area (Å²) in [5, 5.41) is 21.5. The van der Waals surface area contributed by atoms with Crippen LogP contribution in [0.4, 0.5) is 19.3 Å². The smallest absolute Gasteiger partial charge is 0.321 e. The van der Waals surface area contributed by atoms with Gasteiger partial charge in [-0.25, -0.2) is 22.0 Å². The predicted molar refractivity (Wildman–Crippen MR) is 149 cm³/mol. The molecule has 12 heteroatoms. The number of sulfonamides is 1. The Morgan fingerprint density at radius 2 is 1.93 bits per heavy atom. The Kier molecular flexibility index (Phi) is 8.92. The molecule has 3 atom stereocenters. The first-order valence-corrected chi connectivity index (χ1v) is 14.3. The first-order valence-electron chi connectivity index (χ1n) is 12.9. The average molecular weight is 585 g/mol. The number of nitrogens with zero attached hydrogens (tertiary/aromatic N) is 3. The Morgan fingerprint density at radius 3 is 2.63 bits per heavy atom. The van der Waals surface area contributed by atoms with Gasteiger partial charge >= 0.3 is 6.03 Å². The number of nitriles is 1. The molecular formula is C29H30F2N4O5S. The largest absolute Gasteiger partial charge is 0.487 e. The Morgan fingerprint density at radius 1 is 1.20 bits per heavy atom. The average Bonchev–Trinajstić information content (AvgIpc) is 2.96. The molecular weight excluding hydrogens is 554 g/mol. The standard InChI is InChI=1S/C29H30F2N4O5S/c1-18-15-35(19(2)17-36)41(38,39)28-10-7-22(21-6-4-5-20(11-21)14-32)12-26(28)40-27(18)16-34(3)29(37)33-25-13-23(30)8-9-24(25)31/h4-13,18-19,27,36H,15-17H2,1-3H3,(H,33,37)/t18-,19+,27+/m0/s1. The molecule has 216 valence electrons. The summed E-state index contributed by atoms with van der Waals surface area (Å²) < 4.78 is 62.6. The van der Waals surface area contributed by atoms with Gasteiger partial charge in [0.1, 0.15) is 28.4 Å². The summed E-state index contributed by atoms with van der Waals surface area (Å²) in [4.78, 5) is 14.0. The van der Waals surface area contributed by atoms with Crippen LogP contribution >= 0.6 is 0 Å². The number of amides is 2. The molecule has 4 rings (SSSR count). The number of benzene rings is 3. The van der Waals surface area contributed by atoms with E-state index in [1.165, 1.54) is 22.3 Å². The molecule has 0 aromatic heterocycles. The minimum Gasteiger partial charge on any atom is -0.487 e. The predicted octanol–water partition coefficient (Wildman–Crippen LogP) is 4.44. The van der Waals surface area contributed by atoms with Crippen molar-refractivity contribution in [2.75, 3.05) is 32.1 Å². The highest BCUT2D eigenvalue weighted by atomic mass is 32.2. The number of rotatable bonds is 6. The molecule has 0 radical (unpaired) electrons. The number of carbonyl (C=O) groups excluding carboxylic acids is 1. The van der Waals surface area contributed by atoms with Crippen LogP contribution in [0.1, 0.15) is 19.4 Å². The number of ether oxygens (including phenoxy) is 1. The van der Waals surface area contributed by atoms with Gasteiger partial charge in [0.2, 0.25) is 10.0 Å². The van der Waals surface area contributed by atoms with E-state index in [-0.39, 0.29) is 29.4 Å². The number of anilines is 1. The van der Waals surface area contributed by atoms with Gasteiger partial charge in [0.15, 0.2) is 0 Å². The molecule has 0 spiro atoms. The molecule has 2 N–H and O–H groups in total. The minimum absolute atomic E-state index is 0.00584. The molecule has 3 aromatic rings.